The molecule has 1 saturated heterocycles. The molecule has 1 aliphatic heterocycles. The third-order valence-corrected chi connectivity index (χ3v) is 8.82. The maximum atomic E-state index is 13.0. The van der Waals surface area contributed by atoms with E-state index in [1.807, 2.05) is 23.1 Å². The second-order valence-corrected chi connectivity index (χ2v) is 12.6. The molecule has 2 aliphatic rings. The molecule has 2 fully saturated rings. The molecule has 1 heterocycles. The van der Waals surface area contributed by atoms with E-state index in [4.69, 9.17) is 24.1 Å². The number of likely N-dealkylation sites (tertiary alicyclic amines) is 1. The lowest BCUT2D eigenvalue weighted by Crippen LogP contribution is -2.42. The molecule has 0 bridgehead atoms. The van der Waals surface area contributed by atoms with Gasteiger partial charge in [0.05, 0.1) is 20.6 Å². The minimum atomic E-state index is -1.06. The van der Waals surface area contributed by atoms with Crippen molar-refractivity contribution < 1.29 is 42.8 Å². The van der Waals surface area contributed by atoms with E-state index in [2.05, 4.69) is 6.92 Å². The van der Waals surface area contributed by atoms with E-state index in [0.29, 0.717) is 49.0 Å². The van der Waals surface area contributed by atoms with Crippen molar-refractivity contribution in [1.82, 2.24) is 4.90 Å². The summed E-state index contributed by atoms with van der Waals surface area (Å²) in [6, 6.07) is 19.1. The van der Waals surface area contributed by atoms with Crippen LogP contribution in [0.3, 0.4) is 0 Å². The van der Waals surface area contributed by atoms with E-state index >= 15 is 0 Å². The largest absolute Gasteiger partial charge is 0.493 e. The van der Waals surface area contributed by atoms with Crippen LogP contribution >= 0.6 is 0 Å². The Morgan fingerprint density at radius 3 is 2.20 bits per heavy atom. The summed E-state index contributed by atoms with van der Waals surface area (Å²) in [7, 11) is 3.15. The van der Waals surface area contributed by atoms with Crippen molar-refractivity contribution in [2.45, 2.75) is 96.1 Å². The molecule has 3 aromatic carbocycles. The van der Waals surface area contributed by atoms with Gasteiger partial charge in [-0.15, -0.1) is 0 Å². The van der Waals surface area contributed by atoms with Crippen LogP contribution in [-0.4, -0.2) is 61.8 Å². The number of benzene rings is 3. The van der Waals surface area contributed by atoms with Crippen molar-refractivity contribution in [2.24, 2.45) is 0 Å². The summed E-state index contributed by atoms with van der Waals surface area (Å²) in [4.78, 5) is 35.6. The summed E-state index contributed by atoms with van der Waals surface area (Å²) < 4.78 is 33.9. The Balaban J connectivity index is 0.000000247. The minimum Gasteiger partial charge on any atom is -0.493 e. The van der Waals surface area contributed by atoms with Gasteiger partial charge < -0.3 is 29.0 Å². The molecule has 272 valence electrons. The Bertz CT molecular complexity index is 1470. The van der Waals surface area contributed by atoms with Crippen LogP contribution in [0.25, 0.3) is 0 Å². The van der Waals surface area contributed by atoms with E-state index < -0.39 is 18.7 Å². The average molecular weight is 694 g/mol. The molecule has 2 atom stereocenters. The Morgan fingerprint density at radius 2 is 1.58 bits per heavy atom. The second-order valence-electron chi connectivity index (χ2n) is 12.6. The zero-order valence-corrected chi connectivity index (χ0v) is 29.6. The number of hydrogen-bond donors (Lipinski definition) is 1. The van der Waals surface area contributed by atoms with Gasteiger partial charge in [-0.2, -0.15) is 0 Å². The zero-order chi connectivity index (χ0) is 36.1. The number of carboxylic acids is 1. The van der Waals surface area contributed by atoms with Crippen molar-refractivity contribution in [3.63, 3.8) is 0 Å². The van der Waals surface area contributed by atoms with Crippen LogP contribution in [0.5, 0.6) is 17.2 Å². The summed E-state index contributed by atoms with van der Waals surface area (Å²) in [6.07, 6.45) is 13.4. The molecule has 9 nitrogen and oxygen atoms in total. The van der Waals surface area contributed by atoms with Gasteiger partial charge in [-0.1, -0.05) is 68.9 Å². The third-order valence-electron chi connectivity index (χ3n) is 8.82. The number of amides is 1. The van der Waals surface area contributed by atoms with Gasteiger partial charge in [-0.05, 0) is 92.1 Å². The minimum absolute atomic E-state index is 0.114. The van der Waals surface area contributed by atoms with Crippen LogP contribution in [-0.2, 0) is 32.0 Å². The van der Waals surface area contributed by atoms with Gasteiger partial charge in [-0.25, -0.2) is 9.18 Å². The standard InChI is InChI=1S/C20H22O7.C14H18FNO.C6H12/c1-24-18-9-7-14(10-19(18)25-2)6-8-17(27-13-21)15-4-3-5-16(11-15)26-12-20(22)23;1-11-5-2-3-8-16(11)14(17)10-12-6-4-7-13(15)9-12;1-2-4-6-5-3-1/h3-5,7,9-11,13,17H,6,8,12H2,1-2H3,(H,22,23);4,6-7,9,11H,2-3,5,8,10H2,1H3;1-6H2/t17-;;/m1../s1. The first-order valence-corrected chi connectivity index (χ1v) is 17.5. The number of halogens is 1. The fourth-order valence-electron chi connectivity index (χ4n) is 6.12. The monoisotopic (exact) mass is 693 g/mol. The lowest BCUT2D eigenvalue weighted by molar-refractivity contribution is -0.139. The molecule has 1 amide bonds. The smallest absolute Gasteiger partial charge is 0.341 e. The number of nitrogens with zero attached hydrogens (tertiary/aromatic N) is 1. The lowest BCUT2D eigenvalue weighted by atomic mass is 10.0. The van der Waals surface area contributed by atoms with Gasteiger partial charge >= 0.3 is 5.97 Å². The van der Waals surface area contributed by atoms with Crippen LogP contribution in [0.15, 0.2) is 66.7 Å². The van der Waals surface area contributed by atoms with E-state index in [0.717, 1.165) is 36.1 Å². The highest BCUT2D eigenvalue weighted by molar-refractivity contribution is 5.79. The molecule has 5 rings (SSSR count). The number of carbonyl (C=O) groups excluding carboxylic acids is 2. The fourth-order valence-corrected chi connectivity index (χ4v) is 6.12. The lowest BCUT2D eigenvalue weighted by Gasteiger charge is -2.33. The third kappa shape index (κ3) is 14.1. The van der Waals surface area contributed by atoms with Gasteiger partial charge in [0.15, 0.2) is 18.1 Å². The quantitative estimate of drug-likeness (QED) is 0.179. The van der Waals surface area contributed by atoms with Gasteiger partial charge in [0.2, 0.25) is 5.91 Å². The van der Waals surface area contributed by atoms with Gasteiger partial charge in [0.25, 0.3) is 6.47 Å². The molecule has 0 spiro atoms. The van der Waals surface area contributed by atoms with E-state index in [9.17, 15) is 18.8 Å². The van der Waals surface area contributed by atoms with Crippen LogP contribution in [0.2, 0.25) is 0 Å². The predicted molar refractivity (Wildman–Crippen MR) is 190 cm³/mol. The van der Waals surface area contributed by atoms with Crippen molar-refractivity contribution in [3.8, 4) is 17.2 Å². The number of carbonyl (C=O) groups is 3. The number of piperidine rings is 1. The van der Waals surface area contributed by atoms with E-state index in [-0.39, 0.29) is 11.7 Å². The van der Waals surface area contributed by atoms with E-state index in [1.54, 1.807) is 50.6 Å². The molecule has 50 heavy (non-hydrogen) atoms. The maximum Gasteiger partial charge on any atom is 0.341 e. The average Bonchev–Trinajstić information content (AvgIpc) is 3.14. The van der Waals surface area contributed by atoms with Crippen LogP contribution in [0.1, 0.15) is 93.9 Å². The second kappa shape index (κ2) is 22.2. The molecular formula is C40H52FNO8. The van der Waals surface area contributed by atoms with Crippen molar-refractivity contribution in [1.29, 1.82) is 0 Å². The van der Waals surface area contributed by atoms with Gasteiger partial charge in [-0.3, -0.25) is 9.59 Å². The normalized spacial score (nSPS) is 15.9. The van der Waals surface area contributed by atoms with Gasteiger partial charge in [0, 0.05) is 12.6 Å². The summed E-state index contributed by atoms with van der Waals surface area (Å²) in [5.41, 5.74) is 2.49. The topological polar surface area (TPSA) is 112 Å². The van der Waals surface area contributed by atoms with Crippen molar-refractivity contribution >= 4 is 18.3 Å². The molecule has 3 aromatic rings. The Kier molecular flexibility index (Phi) is 17.7. The van der Waals surface area contributed by atoms with Crippen molar-refractivity contribution in [2.75, 3.05) is 27.4 Å². The molecule has 0 radical (unpaired) electrons. The summed E-state index contributed by atoms with van der Waals surface area (Å²) in [6.45, 7) is 2.90. The maximum absolute atomic E-state index is 13.0. The fraction of sp³-hybridized carbons (Fsp3) is 0.475. The number of methoxy groups -OCH3 is 2. The highest BCUT2D eigenvalue weighted by Gasteiger charge is 2.23. The van der Waals surface area contributed by atoms with Crippen LogP contribution in [0, 0.1) is 5.82 Å². The summed E-state index contributed by atoms with van der Waals surface area (Å²) >= 11 is 0. The zero-order valence-electron chi connectivity index (χ0n) is 29.6. The number of carboxylic acid groups (broad SMARTS) is 1. The molecule has 1 unspecified atom stereocenters. The predicted octanol–water partition coefficient (Wildman–Crippen LogP) is 8.12. The molecule has 0 aromatic heterocycles. The van der Waals surface area contributed by atoms with E-state index in [1.165, 1.54) is 57.1 Å². The first kappa shape index (κ1) is 39.8. The van der Waals surface area contributed by atoms with Crippen molar-refractivity contribution in [3.05, 3.63) is 89.2 Å². The van der Waals surface area contributed by atoms with Gasteiger partial charge in [0.1, 0.15) is 17.7 Å². The number of hydrogen-bond acceptors (Lipinski definition) is 7. The number of ether oxygens (including phenoxy) is 4. The molecule has 1 saturated carbocycles. The van der Waals surface area contributed by atoms with Crippen LogP contribution < -0.4 is 14.2 Å². The highest BCUT2D eigenvalue weighted by atomic mass is 19.1. The SMILES string of the molecule is C1CCCCC1.CC1CCCCN1C(=O)Cc1cccc(F)c1.COc1ccc(CC[C@@H](OC=O)c2cccc(OCC(=O)O)c2)cc1OC. The first-order valence-electron chi connectivity index (χ1n) is 17.5. The first-order chi connectivity index (χ1) is 24.2. The number of rotatable bonds is 13. The molecule has 1 N–H and O–H groups in total. The van der Waals surface area contributed by atoms with Crippen LogP contribution in [0.4, 0.5) is 4.39 Å². The number of aliphatic carboxylic acids is 1. The highest BCUT2D eigenvalue weighted by Crippen LogP contribution is 2.30. The Morgan fingerprint density at radius 1 is 0.880 bits per heavy atom. The molecule has 1 aliphatic carbocycles. The summed E-state index contributed by atoms with van der Waals surface area (Å²) in [5, 5.41) is 8.71. The summed E-state index contributed by atoms with van der Waals surface area (Å²) in [5.74, 6) is 0.456. The Hall–Kier alpha value is -4.60. The number of aryl methyl sites for hydroxylation is 1. The molecular weight excluding hydrogens is 641 g/mol. The molecule has 10 heteroatoms. The Labute approximate surface area is 295 Å².